The predicted octanol–water partition coefficient (Wildman–Crippen LogP) is 3.39. The molecule has 29 heavy (non-hydrogen) atoms. The largest absolute Gasteiger partial charge is 0.354 e. The van der Waals surface area contributed by atoms with E-state index in [9.17, 15) is 18.5 Å². The summed E-state index contributed by atoms with van der Waals surface area (Å²) < 4.78 is 27.6. The van der Waals surface area contributed by atoms with Crippen molar-refractivity contribution in [3.05, 3.63) is 57.6 Å². The molecule has 11 heteroatoms. The third-order valence-electron chi connectivity index (χ3n) is 4.37. The lowest BCUT2D eigenvalue weighted by Crippen LogP contribution is -2.46. The van der Waals surface area contributed by atoms with Crippen LogP contribution in [0.1, 0.15) is 11.1 Å². The standard InChI is InChI=1S/C18H22N4O4S.2ClH/c1-13-9-14(2)11-15(10-13)20-17-4-3-16(22(23)24)12-18(17)27(25,26)21-7-5-19-6-8-21;;/h3-4,9-12,19-20H,5-8H2,1-2H3;2*1H. The van der Waals surface area contributed by atoms with Crippen molar-refractivity contribution in [2.24, 2.45) is 0 Å². The summed E-state index contributed by atoms with van der Waals surface area (Å²) in [5.74, 6) is 0. The fraction of sp³-hybridized carbons (Fsp3) is 0.333. The normalized spacial score (nSPS) is 14.4. The summed E-state index contributed by atoms with van der Waals surface area (Å²) in [4.78, 5) is 10.5. The molecule has 2 aromatic carbocycles. The Bertz CT molecular complexity index is 960. The van der Waals surface area contributed by atoms with E-state index in [-0.39, 0.29) is 35.4 Å². The molecule has 0 radical (unpaired) electrons. The zero-order chi connectivity index (χ0) is 19.6. The number of nitrogens with zero attached hydrogens (tertiary/aromatic N) is 2. The number of nitro groups is 1. The minimum atomic E-state index is -3.86. The molecule has 0 amide bonds. The number of nitrogens with one attached hydrogen (secondary N) is 2. The number of benzene rings is 2. The van der Waals surface area contributed by atoms with E-state index < -0.39 is 14.9 Å². The number of halogens is 2. The molecular weight excluding hydrogens is 439 g/mol. The Morgan fingerprint density at radius 3 is 2.17 bits per heavy atom. The Morgan fingerprint density at radius 2 is 1.62 bits per heavy atom. The lowest BCUT2D eigenvalue weighted by atomic mass is 10.1. The average molecular weight is 463 g/mol. The summed E-state index contributed by atoms with van der Waals surface area (Å²) >= 11 is 0. The highest BCUT2D eigenvalue weighted by Gasteiger charge is 2.30. The third kappa shape index (κ3) is 5.80. The molecule has 0 aliphatic carbocycles. The first-order chi connectivity index (χ1) is 12.8. The van der Waals surface area contributed by atoms with Crippen LogP contribution in [0.4, 0.5) is 17.1 Å². The van der Waals surface area contributed by atoms with E-state index in [1.54, 1.807) is 0 Å². The third-order valence-corrected chi connectivity index (χ3v) is 6.31. The van der Waals surface area contributed by atoms with Crippen LogP contribution < -0.4 is 10.6 Å². The van der Waals surface area contributed by atoms with Gasteiger partial charge in [0.25, 0.3) is 5.69 Å². The second-order valence-corrected chi connectivity index (χ2v) is 8.50. The molecule has 1 fully saturated rings. The van der Waals surface area contributed by atoms with E-state index in [4.69, 9.17) is 0 Å². The Morgan fingerprint density at radius 1 is 1.03 bits per heavy atom. The van der Waals surface area contributed by atoms with Gasteiger partial charge in [-0.25, -0.2) is 8.42 Å². The van der Waals surface area contributed by atoms with Crippen molar-refractivity contribution in [1.29, 1.82) is 0 Å². The molecule has 0 bridgehead atoms. The topological polar surface area (TPSA) is 105 Å². The summed E-state index contributed by atoms with van der Waals surface area (Å²) in [5.41, 5.74) is 2.87. The van der Waals surface area contributed by atoms with Crippen LogP contribution in [0, 0.1) is 24.0 Å². The number of anilines is 2. The quantitative estimate of drug-likeness (QED) is 0.520. The second kappa shape index (κ2) is 10.2. The number of hydrogen-bond donors (Lipinski definition) is 2. The molecule has 2 N–H and O–H groups in total. The van der Waals surface area contributed by atoms with Crippen molar-refractivity contribution in [2.45, 2.75) is 18.7 Å². The molecule has 1 heterocycles. The number of non-ortho nitro benzene ring substituents is 1. The fourth-order valence-electron chi connectivity index (χ4n) is 3.17. The van der Waals surface area contributed by atoms with Crippen molar-refractivity contribution in [1.82, 2.24) is 9.62 Å². The summed E-state index contributed by atoms with van der Waals surface area (Å²) in [5, 5.41) is 17.4. The van der Waals surface area contributed by atoms with E-state index in [1.165, 1.54) is 16.4 Å². The van der Waals surface area contributed by atoms with E-state index in [0.717, 1.165) is 22.9 Å². The van der Waals surface area contributed by atoms with Crippen LogP contribution in [0.3, 0.4) is 0 Å². The van der Waals surface area contributed by atoms with Gasteiger partial charge in [-0.1, -0.05) is 6.07 Å². The van der Waals surface area contributed by atoms with Gasteiger partial charge in [-0.2, -0.15) is 4.31 Å². The summed E-state index contributed by atoms with van der Waals surface area (Å²) in [6, 6.07) is 9.69. The zero-order valence-electron chi connectivity index (χ0n) is 16.0. The summed E-state index contributed by atoms with van der Waals surface area (Å²) in [6.45, 7) is 5.66. The molecule has 1 aliphatic rings. The van der Waals surface area contributed by atoms with Gasteiger partial charge in [0.15, 0.2) is 0 Å². The SMILES string of the molecule is Cc1cc(C)cc(Nc2ccc([N+](=O)[O-])cc2S(=O)(=O)N2CCNCC2)c1.Cl.Cl. The number of piperazine rings is 1. The number of hydrogen-bond acceptors (Lipinski definition) is 6. The molecule has 160 valence electrons. The van der Waals surface area contributed by atoms with Gasteiger partial charge in [0.1, 0.15) is 4.90 Å². The maximum Gasteiger partial charge on any atom is 0.270 e. The highest BCUT2D eigenvalue weighted by Crippen LogP contribution is 2.31. The van der Waals surface area contributed by atoms with Gasteiger partial charge in [0.05, 0.1) is 10.6 Å². The van der Waals surface area contributed by atoms with Gasteiger partial charge in [0, 0.05) is 44.0 Å². The van der Waals surface area contributed by atoms with Crippen LogP contribution in [-0.2, 0) is 10.0 Å². The first-order valence-corrected chi connectivity index (χ1v) is 10.1. The predicted molar refractivity (Wildman–Crippen MR) is 118 cm³/mol. The average Bonchev–Trinajstić information content (AvgIpc) is 2.61. The van der Waals surface area contributed by atoms with Crippen molar-refractivity contribution >= 4 is 51.9 Å². The van der Waals surface area contributed by atoms with Crippen molar-refractivity contribution in [3.8, 4) is 0 Å². The first-order valence-electron chi connectivity index (χ1n) is 8.62. The van der Waals surface area contributed by atoms with Gasteiger partial charge in [-0.3, -0.25) is 10.1 Å². The van der Waals surface area contributed by atoms with E-state index in [0.29, 0.717) is 31.9 Å². The van der Waals surface area contributed by atoms with Crippen molar-refractivity contribution < 1.29 is 13.3 Å². The van der Waals surface area contributed by atoms with Gasteiger partial charge in [0.2, 0.25) is 10.0 Å². The van der Waals surface area contributed by atoms with Crippen LogP contribution in [0.5, 0.6) is 0 Å². The van der Waals surface area contributed by atoms with Crippen LogP contribution in [0.2, 0.25) is 0 Å². The Labute approximate surface area is 182 Å². The van der Waals surface area contributed by atoms with Crippen molar-refractivity contribution in [3.63, 3.8) is 0 Å². The summed E-state index contributed by atoms with van der Waals surface area (Å²) in [7, 11) is -3.86. The Balaban J connectivity index is 0.00000210. The van der Waals surface area contributed by atoms with Gasteiger partial charge in [-0.05, 0) is 43.2 Å². The minimum Gasteiger partial charge on any atom is -0.354 e. The first kappa shape index (κ1) is 25.1. The number of sulfonamides is 1. The molecular formula is C18H24Cl2N4O4S. The molecule has 0 saturated carbocycles. The van der Waals surface area contributed by atoms with Crippen LogP contribution in [0.25, 0.3) is 0 Å². The molecule has 3 rings (SSSR count). The van der Waals surface area contributed by atoms with Crippen LogP contribution >= 0.6 is 24.8 Å². The Kier molecular flexibility index (Phi) is 8.85. The van der Waals surface area contributed by atoms with Crippen LogP contribution in [-0.4, -0.2) is 43.8 Å². The number of aryl methyl sites for hydroxylation is 2. The second-order valence-electron chi connectivity index (χ2n) is 6.59. The highest BCUT2D eigenvalue weighted by molar-refractivity contribution is 7.89. The maximum atomic E-state index is 13.1. The van der Waals surface area contributed by atoms with Gasteiger partial charge in [-0.15, -0.1) is 24.8 Å². The maximum absolute atomic E-state index is 13.1. The molecule has 0 spiro atoms. The smallest absolute Gasteiger partial charge is 0.270 e. The van der Waals surface area contributed by atoms with E-state index in [1.807, 2.05) is 32.0 Å². The lowest BCUT2D eigenvalue weighted by molar-refractivity contribution is -0.385. The number of nitro benzene ring substituents is 1. The number of rotatable bonds is 5. The molecule has 0 unspecified atom stereocenters. The minimum absolute atomic E-state index is 0. The molecule has 0 atom stereocenters. The molecule has 1 saturated heterocycles. The summed E-state index contributed by atoms with van der Waals surface area (Å²) in [6.07, 6.45) is 0. The van der Waals surface area contributed by atoms with Gasteiger partial charge < -0.3 is 10.6 Å². The van der Waals surface area contributed by atoms with Crippen molar-refractivity contribution in [2.75, 3.05) is 31.5 Å². The molecule has 1 aliphatic heterocycles. The molecule has 8 nitrogen and oxygen atoms in total. The molecule has 0 aromatic heterocycles. The van der Waals surface area contributed by atoms with Gasteiger partial charge >= 0.3 is 0 Å². The lowest BCUT2D eigenvalue weighted by Gasteiger charge is -2.27. The Hall–Kier alpha value is -1.91. The molecule has 2 aromatic rings. The fourth-order valence-corrected chi connectivity index (χ4v) is 4.78. The zero-order valence-corrected chi connectivity index (χ0v) is 18.5. The van der Waals surface area contributed by atoms with E-state index in [2.05, 4.69) is 10.6 Å². The van der Waals surface area contributed by atoms with E-state index >= 15 is 0 Å². The highest BCUT2D eigenvalue weighted by atomic mass is 35.5. The monoisotopic (exact) mass is 462 g/mol. The van der Waals surface area contributed by atoms with Crippen LogP contribution in [0.15, 0.2) is 41.3 Å².